The monoisotopic (exact) mass is 492 g/mol. The number of methoxy groups -OCH3 is 2. The van der Waals surface area contributed by atoms with Gasteiger partial charge in [0.2, 0.25) is 5.91 Å². The van der Waals surface area contributed by atoms with Crippen molar-refractivity contribution >= 4 is 28.3 Å². The number of nitrogens with one attached hydrogen (secondary N) is 1. The van der Waals surface area contributed by atoms with Crippen molar-refractivity contribution in [1.29, 1.82) is 0 Å². The lowest BCUT2D eigenvalue weighted by Gasteiger charge is -2.11. The van der Waals surface area contributed by atoms with Crippen LogP contribution in [0, 0.1) is 17.0 Å². The Morgan fingerprint density at radius 2 is 1.81 bits per heavy atom. The molecule has 4 rings (SSSR count). The van der Waals surface area contributed by atoms with E-state index >= 15 is 0 Å². The molecule has 186 valence electrons. The smallest absolute Gasteiger partial charge is 0.269 e. The zero-order valence-electron chi connectivity index (χ0n) is 19.9. The number of nitro groups is 1. The Balaban J connectivity index is 1.43. The number of hydrogen-bond donors (Lipinski definition) is 1. The fraction of sp³-hybridized carbons (Fsp3) is 0.250. The molecule has 1 N–H and O–H groups in total. The number of benzene rings is 2. The highest BCUT2D eigenvalue weighted by molar-refractivity contribution is 5.90. The molecule has 12 heteroatoms. The van der Waals surface area contributed by atoms with Crippen molar-refractivity contribution in [1.82, 2.24) is 19.3 Å². The Labute approximate surface area is 205 Å². The quantitative estimate of drug-likeness (QED) is 0.277. The highest BCUT2D eigenvalue weighted by atomic mass is 16.6. The third-order valence-electron chi connectivity index (χ3n) is 5.54. The summed E-state index contributed by atoms with van der Waals surface area (Å²) < 4.78 is 13.5. The molecule has 0 unspecified atom stereocenters. The third-order valence-corrected chi connectivity index (χ3v) is 5.54. The molecule has 0 saturated carbocycles. The SMILES string of the molecule is COc1cc2ncn(CCCC(=O)Nc3cc(C)nn3-c3ccc([N+](=O)[O-])cc3)c(=O)c2cc1OC. The number of amides is 1. The summed E-state index contributed by atoms with van der Waals surface area (Å²) in [6.07, 6.45) is 2.00. The molecule has 2 heterocycles. The van der Waals surface area contributed by atoms with Gasteiger partial charge in [0.05, 0.1) is 47.8 Å². The van der Waals surface area contributed by atoms with E-state index in [-0.39, 0.29) is 23.6 Å². The van der Waals surface area contributed by atoms with E-state index < -0.39 is 4.92 Å². The number of aryl methyl sites for hydroxylation is 2. The van der Waals surface area contributed by atoms with E-state index in [9.17, 15) is 19.7 Å². The van der Waals surface area contributed by atoms with E-state index in [1.807, 2.05) is 0 Å². The molecule has 4 aromatic rings. The van der Waals surface area contributed by atoms with E-state index in [4.69, 9.17) is 9.47 Å². The number of carbonyl (C=O) groups is 1. The van der Waals surface area contributed by atoms with E-state index in [2.05, 4.69) is 15.4 Å². The fourth-order valence-corrected chi connectivity index (χ4v) is 3.76. The maximum Gasteiger partial charge on any atom is 0.269 e. The minimum atomic E-state index is -0.482. The summed E-state index contributed by atoms with van der Waals surface area (Å²) in [7, 11) is 3.00. The largest absolute Gasteiger partial charge is 0.493 e. The molecule has 1 amide bonds. The van der Waals surface area contributed by atoms with Crippen LogP contribution < -0.4 is 20.3 Å². The van der Waals surface area contributed by atoms with Crippen LogP contribution in [0.4, 0.5) is 11.5 Å². The molecule has 0 aliphatic rings. The van der Waals surface area contributed by atoms with Gasteiger partial charge in [0.1, 0.15) is 5.82 Å². The minimum Gasteiger partial charge on any atom is -0.493 e. The number of fused-ring (bicyclic) bond motifs is 1. The second-order valence-corrected chi connectivity index (χ2v) is 7.98. The van der Waals surface area contributed by atoms with Crippen molar-refractivity contribution < 1.29 is 19.2 Å². The van der Waals surface area contributed by atoms with Gasteiger partial charge in [0.25, 0.3) is 11.2 Å². The van der Waals surface area contributed by atoms with Crippen LogP contribution in [0.5, 0.6) is 11.5 Å². The van der Waals surface area contributed by atoms with Crippen LogP contribution in [0.25, 0.3) is 16.6 Å². The van der Waals surface area contributed by atoms with Gasteiger partial charge in [-0.3, -0.25) is 24.3 Å². The number of carbonyl (C=O) groups excluding carboxylic acids is 1. The molecule has 0 atom stereocenters. The fourth-order valence-electron chi connectivity index (χ4n) is 3.76. The predicted molar refractivity (Wildman–Crippen MR) is 132 cm³/mol. The van der Waals surface area contributed by atoms with Crippen molar-refractivity contribution in [2.24, 2.45) is 0 Å². The van der Waals surface area contributed by atoms with Gasteiger partial charge >= 0.3 is 0 Å². The van der Waals surface area contributed by atoms with Gasteiger partial charge in [-0.15, -0.1) is 0 Å². The molecule has 0 fully saturated rings. The first-order chi connectivity index (χ1) is 17.3. The maximum atomic E-state index is 12.9. The second kappa shape index (κ2) is 10.3. The van der Waals surface area contributed by atoms with Crippen LogP contribution >= 0.6 is 0 Å². The van der Waals surface area contributed by atoms with Crippen LogP contribution in [0.3, 0.4) is 0 Å². The molecule has 36 heavy (non-hydrogen) atoms. The second-order valence-electron chi connectivity index (χ2n) is 7.98. The molecule has 12 nitrogen and oxygen atoms in total. The topological polar surface area (TPSA) is 143 Å². The summed E-state index contributed by atoms with van der Waals surface area (Å²) in [5.41, 5.74) is 1.45. The number of ether oxygens (including phenoxy) is 2. The van der Waals surface area contributed by atoms with Crippen molar-refractivity contribution in [3.63, 3.8) is 0 Å². The molecule has 0 spiro atoms. The first kappa shape index (κ1) is 24.4. The van der Waals surface area contributed by atoms with Crippen molar-refractivity contribution in [3.05, 3.63) is 75.0 Å². The number of rotatable bonds is 9. The average Bonchev–Trinajstić information content (AvgIpc) is 3.24. The minimum absolute atomic E-state index is 0.0378. The van der Waals surface area contributed by atoms with Gasteiger partial charge in [-0.05, 0) is 31.5 Å². The average molecular weight is 492 g/mol. The summed E-state index contributed by atoms with van der Waals surface area (Å²) in [4.78, 5) is 40.3. The summed E-state index contributed by atoms with van der Waals surface area (Å²) in [5, 5.41) is 18.5. The Kier molecular flexibility index (Phi) is 6.95. The lowest BCUT2D eigenvalue weighted by Crippen LogP contribution is -2.22. The van der Waals surface area contributed by atoms with Crippen LogP contribution in [-0.4, -0.2) is 44.4 Å². The third kappa shape index (κ3) is 5.02. The number of nitrogens with zero attached hydrogens (tertiary/aromatic N) is 5. The lowest BCUT2D eigenvalue weighted by molar-refractivity contribution is -0.384. The molecule has 0 aliphatic heterocycles. The highest BCUT2D eigenvalue weighted by Crippen LogP contribution is 2.29. The summed E-state index contributed by atoms with van der Waals surface area (Å²) >= 11 is 0. The van der Waals surface area contributed by atoms with Gasteiger partial charge in [-0.1, -0.05) is 0 Å². The number of aromatic nitrogens is 4. The van der Waals surface area contributed by atoms with E-state index in [1.165, 1.54) is 41.9 Å². The summed E-state index contributed by atoms with van der Waals surface area (Å²) in [5.74, 6) is 1.10. The number of anilines is 1. The molecular weight excluding hydrogens is 468 g/mol. The first-order valence-electron chi connectivity index (χ1n) is 11.0. The molecule has 0 bridgehead atoms. The predicted octanol–water partition coefficient (Wildman–Crippen LogP) is 3.23. The van der Waals surface area contributed by atoms with Crippen LogP contribution in [0.15, 0.2) is 53.6 Å². The molecule has 0 aliphatic carbocycles. The number of nitro benzene ring substituents is 1. The van der Waals surface area contributed by atoms with Gasteiger partial charge in [0.15, 0.2) is 11.5 Å². The van der Waals surface area contributed by atoms with E-state index in [0.717, 1.165) is 0 Å². The molecular formula is C24H24N6O6. The summed E-state index contributed by atoms with van der Waals surface area (Å²) in [6.45, 7) is 2.07. The Hall–Kier alpha value is -4.74. The molecule has 2 aromatic heterocycles. The zero-order valence-corrected chi connectivity index (χ0v) is 19.9. The normalized spacial score (nSPS) is 10.9. The van der Waals surface area contributed by atoms with E-state index in [0.29, 0.717) is 52.6 Å². The Morgan fingerprint density at radius 3 is 2.47 bits per heavy atom. The molecule has 0 radical (unpaired) electrons. The van der Waals surface area contributed by atoms with Crippen molar-refractivity contribution in [3.8, 4) is 17.2 Å². The Morgan fingerprint density at radius 1 is 1.11 bits per heavy atom. The highest BCUT2D eigenvalue weighted by Gasteiger charge is 2.14. The standard InChI is InChI=1S/C24H24N6O6/c1-15-11-22(29(27-15)16-6-8-17(9-7-16)30(33)34)26-23(31)5-4-10-28-14-25-19-13-21(36-3)20(35-2)12-18(19)24(28)32/h6-9,11-14H,4-5,10H2,1-3H3,(H,26,31). The van der Waals surface area contributed by atoms with Gasteiger partial charge in [-0.2, -0.15) is 5.10 Å². The Bertz CT molecular complexity index is 1490. The lowest BCUT2D eigenvalue weighted by atomic mass is 10.2. The van der Waals surface area contributed by atoms with Crippen LogP contribution in [-0.2, 0) is 11.3 Å². The van der Waals surface area contributed by atoms with Gasteiger partial charge in [-0.25, -0.2) is 9.67 Å². The van der Waals surface area contributed by atoms with Crippen LogP contribution in [0.2, 0.25) is 0 Å². The molecule has 2 aromatic carbocycles. The summed E-state index contributed by atoms with van der Waals surface area (Å²) in [6, 6.07) is 10.8. The van der Waals surface area contributed by atoms with Crippen LogP contribution in [0.1, 0.15) is 18.5 Å². The maximum absolute atomic E-state index is 12.9. The van der Waals surface area contributed by atoms with Gasteiger partial charge in [0, 0.05) is 37.2 Å². The van der Waals surface area contributed by atoms with Crippen molar-refractivity contribution in [2.45, 2.75) is 26.3 Å². The molecule has 0 saturated heterocycles. The van der Waals surface area contributed by atoms with Crippen molar-refractivity contribution in [2.75, 3.05) is 19.5 Å². The number of hydrogen-bond acceptors (Lipinski definition) is 8. The first-order valence-corrected chi connectivity index (χ1v) is 11.0. The van der Waals surface area contributed by atoms with Gasteiger partial charge < -0.3 is 14.8 Å². The zero-order chi connectivity index (χ0) is 25.8. The number of non-ortho nitro benzene ring substituents is 1. The van der Waals surface area contributed by atoms with E-state index in [1.54, 1.807) is 37.3 Å².